The maximum Gasteiger partial charge on any atom is 0.295 e. The number of rotatable bonds is 3. The first-order valence-corrected chi connectivity index (χ1v) is 6.95. The van der Waals surface area contributed by atoms with Crippen LogP contribution in [0.3, 0.4) is 0 Å². The van der Waals surface area contributed by atoms with Gasteiger partial charge < -0.3 is 5.11 Å². The summed E-state index contributed by atoms with van der Waals surface area (Å²) in [5.41, 5.74) is 0.324. The quantitative estimate of drug-likeness (QED) is 0.946. The molecule has 6 heteroatoms. The summed E-state index contributed by atoms with van der Waals surface area (Å²) in [6.45, 7) is 1.26. The van der Waals surface area contributed by atoms with Gasteiger partial charge in [-0.2, -0.15) is 0 Å². The number of aliphatic hydroxyl groups is 1. The Morgan fingerprint density at radius 1 is 1.26 bits per heavy atom. The number of carbonyl (C=O) groups excluding carboxylic acids is 2. The highest BCUT2D eigenvalue weighted by atomic mass is 19.1. The van der Waals surface area contributed by atoms with Crippen LogP contribution in [0.5, 0.6) is 0 Å². The summed E-state index contributed by atoms with van der Waals surface area (Å²) in [6.07, 6.45) is 1.49. The first-order chi connectivity index (χ1) is 11.0. The zero-order valence-corrected chi connectivity index (χ0v) is 12.2. The molecule has 2 aromatic rings. The van der Waals surface area contributed by atoms with Crippen molar-refractivity contribution in [3.63, 3.8) is 0 Å². The Balaban J connectivity index is 2.20. The number of aromatic nitrogens is 1. The lowest BCUT2D eigenvalue weighted by molar-refractivity contribution is -0.117. The molecule has 0 saturated heterocycles. The zero-order valence-electron chi connectivity index (χ0n) is 12.2. The summed E-state index contributed by atoms with van der Waals surface area (Å²) < 4.78 is 13.6. The molecule has 0 saturated carbocycles. The van der Waals surface area contributed by atoms with Crippen LogP contribution >= 0.6 is 0 Å². The van der Waals surface area contributed by atoms with Crippen molar-refractivity contribution in [1.82, 2.24) is 4.98 Å². The number of benzene rings is 1. The number of aliphatic hydroxyl groups excluding tert-OH is 1. The van der Waals surface area contributed by atoms with Gasteiger partial charge in [0.1, 0.15) is 11.6 Å². The first-order valence-electron chi connectivity index (χ1n) is 6.95. The van der Waals surface area contributed by atoms with E-state index in [0.29, 0.717) is 5.56 Å². The van der Waals surface area contributed by atoms with Gasteiger partial charge in [-0.05, 0) is 36.8 Å². The summed E-state index contributed by atoms with van der Waals surface area (Å²) in [4.78, 5) is 29.7. The molecule has 1 N–H and O–H groups in total. The van der Waals surface area contributed by atoms with Crippen molar-refractivity contribution in [2.45, 2.75) is 13.0 Å². The van der Waals surface area contributed by atoms with E-state index in [0.717, 1.165) is 0 Å². The molecule has 0 fully saturated rings. The Kier molecular flexibility index (Phi) is 3.65. The zero-order chi connectivity index (χ0) is 16.6. The highest BCUT2D eigenvalue weighted by molar-refractivity contribution is 6.15. The van der Waals surface area contributed by atoms with Crippen LogP contribution in [0.25, 0.3) is 0 Å². The Morgan fingerprint density at radius 2 is 2.04 bits per heavy atom. The molecule has 0 aliphatic carbocycles. The Bertz CT molecular complexity index is 818. The summed E-state index contributed by atoms with van der Waals surface area (Å²) >= 11 is 0. The predicted octanol–water partition coefficient (Wildman–Crippen LogP) is 2.71. The number of nitrogens with zero attached hydrogens (tertiary/aromatic N) is 2. The van der Waals surface area contributed by atoms with Gasteiger partial charge in [-0.3, -0.25) is 14.5 Å². The number of amides is 1. The standard InChI is InChI=1S/C17H13FN2O3/c1-10(21)14-15(11-5-4-6-12(18)9-11)20(17(23)16(14)22)13-7-2-3-8-19-13/h2-9,15,22H,1H3/t15-/m1/s1. The second kappa shape index (κ2) is 5.64. The van der Waals surface area contributed by atoms with Crippen molar-refractivity contribution >= 4 is 17.5 Å². The van der Waals surface area contributed by atoms with Gasteiger partial charge in [0.25, 0.3) is 5.91 Å². The van der Waals surface area contributed by atoms with Crippen molar-refractivity contribution in [3.05, 3.63) is 71.4 Å². The minimum atomic E-state index is -0.911. The predicted molar refractivity (Wildman–Crippen MR) is 81.2 cm³/mol. The molecule has 1 amide bonds. The van der Waals surface area contributed by atoms with Gasteiger partial charge in [0, 0.05) is 6.20 Å². The number of carbonyl (C=O) groups is 2. The average molecular weight is 312 g/mol. The van der Waals surface area contributed by atoms with Crippen LogP contribution in [-0.4, -0.2) is 21.8 Å². The molecule has 1 aliphatic rings. The number of anilines is 1. The fourth-order valence-corrected chi connectivity index (χ4v) is 2.69. The second-order valence-corrected chi connectivity index (χ2v) is 5.14. The van der Waals surface area contributed by atoms with E-state index in [4.69, 9.17) is 0 Å². The molecule has 23 heavy (non-hydrogen) atoms. The van der Waals surface area contributed by atoms with E-state index in [1.807, 2.05) is 0 Å². The van der Waals surface area contributed by atoms with Gasteiger partial charge in [-0.25, -0.2) is 9.37 Å². The topological polar surface area (TPSA) is 70.5 Å². The summed E-state index contributed by atoms with van der Waals surface area (Å²) in [5, 5.41) is 10.1. The Morgan fingerprint density at radius 3 is 2.65 bits per heavy atom. The lowest BCUT2D eigenvalue weighted by Gasteiger charge is -2.25. The number of hydrogen-bond acceptors (Lipinski definition) is 4. The monoisotopic (exact) mass is 312 g/mol. The van der Waals surface area contributed by atoms with Gasteiger partial charge in [-0.1, -0.05) is 18.2 Å². The van der Waals surface area contributed by atoms with Gasteiger partial charge in [0.15, 0.2) is 11.5 Å². The number of halogens is 1. The van der Waals surface area contributed by atoms with E-state index in [-0.39, 0.29) is 11.4 Å². The van der Waals surface area contributed by atoms with Gasteiger partial charge in [0.05, 0.1) is 11.6 Å². The number of hydrogen-bond donors (Lipinski definition) is 1. The minimum absolute atomic E-state index is 0.0637. The van der Waals surface area contributed by atoms with E-state index in [1.54, 1.807) is 24.3 Å². The fourth-order valence-electron chi connectivity index (χ4n) is 2.69. The molecular formula is C17H13FN2O3. The largest absolute Gasteiger partial charge is 0.503 e. The number of ketones is 1. The summed E-state index contributed by atoms with van der Waals surface area (Å²) in [6, 6.07) is 9.61. The van der Waals surface area contributed by atoms with E-state index >= 15 is 0 Å². The second-order valence-electron chi connectivity index (χ2n) is 5.14. The minimum Gasteiger partial charge on any atom is -0.503 e. The third-order valence-corrected chi connectivity index (χ3v) is 3.65. The molecule has 0 spiro atoms. The van der Waals surface area contributed by atoms with Crippen LogP contribution in [0, 0.1) is 5.82 Å². The molecule has 116 valence electrons. The van der Waals surface area contributed by atoms with Crippen molar-refractivity contribution in [2.75, 3.05) is 4.90 Å². The molecule has 0 unspecified atom stereocenters. The Hall–Kier alpha value is -3.02. The van der Waals surface area contributed by atoms with E-state index < -0.39 is 29.3 Å². The van der Waals surface area contributed by atoms with Crippen molar-refractivity contribution in [3.8, 4) is 0 Å². The maximum absolute atomic E-state index is 13.6. The number of Topliss-reactive ketones (excluding diaryl/α,β-unsaturated/α-hetero) is 1. The summed E-state index contributed by atoms with van der Waals surface area (Å²) in [7, 11) is 0. The molecule has 1 aromatic carbocycles. The Labute approximate surface area is 131 Å². The molecule has 1 atom stereocenters. The van der Waals surface area contributed by atoms with Gasteiger partial charge in [0.2, 0.25) is 0 Å². The van der Waals surface area contributed by atoms with E-state index in [2.05, 4.69) is 4.98 Å². The highest BCUT2D eigenvalue weighted by Crippen LogP contribution is 2.40. The smallest absolute Gasteiger partial charge is 0.295 e. The molecule has 0 bridgehead atoms. The SMILES string of the molecule is CC(=O)C1=C(O)C(=O)N(c2ccccn2)[C@@H]1c1cccc(F)c1. The molecule has 1 aliphatic heterocycles. The van der Waals surface area contributed by atoms with Crippen molar-refractivity contribution in [1.29, 1.82) is 0 Å². The highest BCUT2D eigenvalue weighted by Gasteiger charge is 2.43. The van der Waals surface area contributed by atoms with Crippen LogP contribution in [0.4, 0.5) is 10.2 Å². The molecule has 2 heterocycles. The van der Waals surface area contributed by atoms with E-state index in [9.17, 15) is 19.1 Å². The van der Waals surface area contributed by atoms with Crippen LogP contribution in [0.1, 0.15) is 18.5 Å². The van der Waals surface area contributed by atoms with Gasteiger partial charge in [-0.15, -0.1) is 0 Å². The molecule has 0 radical (unpaired) electrons. The third kappa shape index (κ3) is 2.48. The van der Waals surface area contributed by atoms with Gasteiger partial charge >= 0.3 is 0 Å². The molecule has 3 rings (SSSR count). The normalized spacial score (nSPS) is 17.7. The van der Waals surface area contributed by atoms with Crippen molar-refractivity contribution < 1.29 is 19.1 Å². The van der Waals surface area contributed by atoms with Crippen LogP contribution in [0.15, 0.2) is 60.0 Å². The van der Waals surface area contributed by atoms with E-state index in [1.165, 1.54) is 36.2 Å². The first kappa shape index (κ1) is 14.9. The van der Waals surface area contributed by atoms with Crippen LogP contribution in [0.2, 0.25) is 0 Å². The maximum atomic E-state index is 13.6. The third-order valence-electron chi connectivity index (χ3n) is 3.65. The summed E-state index contributed by atoms with van der Waals surface area (Å²) in [5.74, 6) is -2.04. The lowest BCUT2D eigenvalue weighted by atomic mass is 9.96. The molecular weight excluding hydrogens is 299 g/mol. The fraction of sp³-hybridized carbons (Fsp3) is 0.118. The average Bonchev–Trinajstić information content (AvgIpc) is 2.80. The van der Waals surface area contributed by atoms with Crippen molar-refractivity contribution in [2.24, 2.45) is 0 Å². The van der Waals surface area contributed by atoms with Crippen LogP contribution < -0.4 is 4.90 Å². The molecule has 1 aromatic heterocycles. The molecule has 5 nitrogen and oxygen atoms in total. The van der Waals surface area contributed by atoms with Crippen LogP contribution in [-0.2, 0) is 9.59 Å². The lowest BCUT2D eigenvalue weighted by Crippen LogP contribution is -2.31. The number of pyridine rings is 1.